The Balaban J connectivity index is 2.17. The highest BCUT2D eigenvalue weighted by molar-refractivity contribution is 7.89. The van der Waals surface area contributed by atoms with E-state index in [0.29, 0.717) is 13.2 Å². The summed E-state index contributed by atoms with van der Waals surface area (Å²) in [5.74, 6) is -2.59. The largest absolute Gasteiger partial charge is 0.454 e. The van der Waals surface area contributed by atoms with Crippen molar-refractivity contribution >= 4 is 27.8 Å². The Kier molecular flexibility index (Phi) is 7.71. The minimum atomic E-state index is -3.77. The lowest BCUT2D eigenvalue weighted by molar-refractivity contribution is -0.150. The molecule has 11 heteroatoms. The van der Waals surface area contributed by atoms with Crippen LogP contribution in [0.1, 0.15) is 24.2 Å². The lowest BCUT2D eigenvalue weighted by Gasteiger charge is -2.26. The van der Waals surface area contributed by atoms with Gasteiger partial charge in [-0.2, -0.15) is 4.31 Å². The predicted molar refractivity (Wildman–Crippen MR) is 102 cm³/mol. The molecule has 1 aliphatic rings. The average molecular weight is 427 g/mol. The second-order valence-corrected chi connectivity index (χ2v) is 8.75. The minimum Gasteiger partial charge on any atom is -0.454 e. The quantitative estimate of drug-likeness (QED) is 0.532. The molecule has 0 unspecified atom stereocenters. The number of ether oxygens (including phenoxy) is 2. The Morgan fingerprint density at radius 3 is 2.48 bits per heavy atom. The number of rotatable bonds is 8. The molecule has 1 aliphatic heterocycles. The van der Waals surface area contributed by atoms with Crippen molar-refractivity contribution in [3.63, 3.8) is 0 Å². The molecule has 3 N–H and O–H groups in total. The summed E-state index contributed by atoms with van der Waals surface area (Å²) in [4.78, 5) is 35.5. The van der Waals surface area contributed by atoms with Gasteiger partial charge in [-0.05, 0) is 24.1 Å². The van der Waals surface area contributed by atoms with E-state index in [0.717, 1.165) is 0 Å². The topological polar surface area (TPSA) is 145 Å². The van der Waals surface area contributed by atoms with Gasteiger partial charge in [-0.3, -0.25) is 9.59 Å². The number of carbonyl (C=O) groups is 3. The van der Waals surface area contributed by atoms with Crippen molar-refractivity contribution < 1.29 is 32.3 Å². The number of amides is 2. The van der Waals surface area contributed by atoms with Gasteiger partial charge in [0.05, 0.1) is 18.1 Å². The molecule has 1 saturated heterocycles. The maximum absolute atomic E-state index is 12.8. The number of esters is 1. The van der Waals surface area contributed by atoms with Crippen LogP contribution in [0.5, 0.6) is 0 Å². The van der Waals surface area contributed by atoms with Crippen LogP contribution < -0.4 is 11.1 Å². The molecule has 0 radical (unpaired) electrons. The summed E-state index contributed by atoms with van der Waals surface area (Å²) in [5.41, 5.74) is 5.03. The van der Waals surface area contributed by atoms with Gasteiger partial charge in [0.15, 0.2) is 6.61 Å². The third-order valence-corrected chi connectivity index (χ3v) is 6.16. The summed E-state index contributed by atoms with van der Waals surface area (Å²) >= 11 is 0. The van der Waals surface area contributed by atoms with Gasteiger partial charge in [0.2, 0.25) is 10.0 Å². The van der Waals surface area contributed by atoms with Crippen molar-refractivity contribution in [2.45, 2.75) is 24.8 Å². The molecule has 2 rings (SSSR count). The van der Waals surface area contributed by atoms with Crippen LogP contribution in [0.15, 0.2) is 29.2 Å². The van der Waals surface area contributed by atoms with Gasteiger partial charge in [0.1, 0.15) is 6.04 Å². The molecular weight excluding hydrogens is 402 g/mol. The molecule has 0 saturated carbocycles. The number of benzene rings is 1. The molecule has 0 aromatic heterocycles. The molecule has 0 aliphatic carbocycles. The monoisotopic (exact) mass is 427 g/mol. The zero-order valence-corrected chi connectivity index (χ0v) is 17.1. The number of nitrogens with zero attached hydrogens (tertiary/aromatic N) is 1. The van der Waals surface area contributed by atoms with Crippen LogP contribution in [-0.2, 0) is 29.1 Å². The summed E-state index contributed by atoms with van der Waals surface area (Å²) < 4.78 is 36.8. The Morgan fingerprint density at radius 2 is 1.90 bits per heavy atom. The first-order chi connectivity index (χ1) is 13.6. The third-order valence-electron chi connectivity index (χ3n) is 4.27. The standard InChI is InChI=1S/C18H25N3O7S/c1-12(2)16(18(24)28-11-15(19)22)20-17(23)13-4-3-5-14(10-13)29(25,26)21-6-8-27-9-7-21/h3-5,10,12,16H,6-9,11H2,1-2H3,(H2,19,22)(H,20,23)/t16-/m0/s1. The van der Waals surface area contributed by atoms with Crippen molar-refractivity contribution in [1.29, 1.82) is 0 Å². The molecule has 0 spiro atoms. The first kappa shape index (κ1) is 22.8. The molecule has 160 valence electrons. The first-order valence-corrected chi connectivity index (χ1v) is 10.5. The fraction of sp³-hybridized carbons (Fsp3) is 0.500. The Morgan fingerprint density at radius 1 is 1.24 bits per heavy atom. The van der Waals surface area contributed by atoms with E-state index in [1.165, 1.54) is 28.6 Å². The van der Waals surface area contributed by atoms with E-state index in [2.05, 4.69) is 5.32 Å². The van der Waals surface area contributed by atoms with Crippen LogP contribution in [0.25, 0.3) is 0 Å². The van der Waals surface area contributed by atoms with Gasteiger partial charge >= 0.3 is 5.97 Å². The molecule has 1 fully saturated rings. The average Bonchev–Trinajstić information content (AvgIpc) is 2.70. The minimum absolute atomic E-state index is 0.0237. The van der Waals surface area contributed by atoms with E-state index in [4.69, 9.17) is 15.2 Å². The highest BCUT2D eigenvalue weighted by Crippen LogP contribution is 2.18. The van der Waals surface area contributed by atoms with E-state index in [1.807, 2.05) is 0 Å². The van der Waals surface area contributed by atoms with Gasteiger partial charge in [0.25, 0.3) is 11.8 Å². The summed E-state index contributed by atoms with van der Waals surface area (Å²) in [6.45, 7) is 3.88. The van der Waals surface area contributed by atoms with Crippen LogP contribution in [0, 0.1) is 5.92 Å². The SMILES string of the molecule is CC(C)[C@H](NC(=O)c1cccc(S(=O)(=O)N2CCOCC2)c1)C(=O)OCC(N)=O. The molecule has 1 heterocycles. The molecule has 29 heavy (non-hydrogen) atoms. The summed E-state index contributed by atoms with van der Waals surface area (Å²) in [6.07, 6.45) is 0. The van der Waals surface area contributed by atoms with E-state index >= 15 is 0 Å². The van der Waals surface area contributed by atoms with E-state index < -0.39 is 40.5 Å². The van der Waals surface area contributed by atoms with Crippen LogP contribution in [0.4, 0.5) is 0 Å². The molecule has 2 amide bonds. The molecule has 0 bridgehead atoms. The number of hydrogen-bond acceptors (Lipinski definition) is 7. The van der Waals surface area contributed by atoms with Gasteiger partial charge < -0.3 is 20.5 Å². The maximum atomic E-state index is 12.8. The van der Waals surface area contributed by atoms with Gasteiger partial charge in [-0.15, -0.1) is 0 Å². The van der Waals surface area contributed by atoms with E-state index in [-0.39, 0.29) is 29.5 Å². The molecule has 10 nitrogen and oxygen atoms in total. The predicted octanol–water partition coefficient (Wildman–Crippen LogP) is -0.510. The van der Waals surface area contributed by atoms with Crippen LogP contribution in [-0.4, -0.2) is 69.5 Å². The van der Waals surface area contributed by atoms with Crippen molar-refractivity contribution in [2.24, 2.45) is 11.7 Å². The van der Waals surface area contributed by atoms with Crippen molar-refractivity contribution in [1.82, 2.24) is 9.62 Å². The van der Waals surface area contributed by atoms with Crippen LogP contribution in [0.2, 0.25) is 0 Å². The number of hydrogen-bond donors (Lipinski definition) is 2. The first-order valence-electron chi connectivity index (χ1n) is 9.06. The fourth-order valence-electron chi connectivity index (χ4n) is 2.69. The number of sulfonamides is 1. The lowest BCUT2D eigenvalue weighted by atomic mass is 10.0. The lowest BCUT2D eigenvalue weighted by Crippen LogP contribution is -2.46. The number of primary amides is 1. The zero-order chi connectivity index (χ0) is 21.6. The number of morpholine rings is 1. The second-order valence-electron chi connectivity index (χ2n) is 6.81. The number of nitrogens with two attached hydrogens (primary N) is 1. The molecule has 1 atom stereocenters. The third kappa shape index (κ3) is 5.99. The van der Waals surface area contributed by atoms with Crippen LogP contribution in [0.3, 0.4) is 0 Å². The van der Waals surface area contributed by atoms with Crippen LogP contribution >= 0.6 is 0 Å². The smallest absolute Gasteiger partial charge is 0.329 e. The van der Waals surface area contributed by atoms with E-state index in [1.54, 1.807) is 13.8 Å². The van der Waals surface area contributed by atoms with Crippen molar-refractivity contribution in [2.75, 3.05) is 32.9 Å². The van der Waals surface area contributed by atoms with E-state index in [9.17, 15) is 22.8 Å². The van der Waals surface area contributed by atoms with Gasteiger partial charge in [-0.25, -0.2) is 13.2 Å². The summed E-state index contributed by atoms with van der Waals surface area (Å²) in [6, 6.07) is 4.54. The summed E-state index contributed by atoms with van der Waals surface area (Å²) in [5, 5.41) is 2.52. The van der Waals surface area contributed by atoms with Crippen molar-refractivity contribution in [3.05, 3.63) is 29.8 Å². The zero-order valence-electron chi connectivity index (χ0n) is 16.3. The fourth-order valence-corrected chi connectivity index (χ4v) is 4.14. The highest BCUT2D eigenvalue weighted by Gasteiger charge is 2.29. The maximum Gasteiger partial charge on any atom is 0.329 e. The van der Waals surface area contributed by atoms with Crippen molar-refractivity contribution in [3.8, 4) is 0 Å². The number of nitrogens with one attached hydrogen (secondary N) is 1. The van der Waals surface area contributed by atoms with Gasteiger partial charge in [-0.1, -0.05) is 19.9 Å². The molecule has 1 aromatic rings. The Labute approximate surface area is 169 Å². The normalized spacial score (nSPS) is 16.2. The second kappa shape index (κ2) is 9.81. The Bertz CT molecular complexity index is 864. The Hall–Kier alpha value is -2.50. The molecular formula is C18H25N3O7S. The van der Waals surface area contributed by atoms with Gasteiger partial charge in [0, 0.05) is 18.7 Å². The number of carbonyl (C=O) groups excluding carboxylic acids is 3. The highest BCUT2D eigenvalue weighted by atomic mass is 32.2. The summed E-state index contributed by atoms with van der Waals surface area (Å²) in [7, 11) is -3.77. The molecule has 1 aromatic carbocycles.